The molecule has 0 aromatic carbocycles. The number of amides is 3. The van der Waals surface area contributed by atoms with Crippen molar-refractivity contribution in [1.29, 1.82) is 0 Å². The first-order chi connectivity index (χ1) is 15.6. The van der Waals surface area contributed by atoms with Gasteiger partial charge in [-0.15, -0.1) is 11.3 Å². The van der Waals surface area contributed by atoms with E-state index in [-0.39, 0.29) is 12.5 Å². The number of nitrogens with zero attached hydrogens (tertiary/aromatic N) is 2. The van der Waals surface area contributed by atoms with Crippen molar-refractivity contribution in [2.24, 2.45) is 0 Å². The molecule has 1 atom stereocenters. The molecular formula is C23H32N4O5S. The van der Waals surface area contributed by atoms with Gasteiger partial charge >= 0.3 is 12.2 Å². The van der Waals surface area contributed by atoms with Gasteiger partial charge in [0.2, 0.25) is 5.91 Å². The molecule has 3 amide bonds. The predicted molar refractivity (Wildman–Crippen MR) is 126 cm³/mol. The number of carboxylic acid groups (broad SMARTS) is 1. The summed E-state index contributed by atoms with van der Waals surface area (Å²) in [5, 5.41) is 15.7. The maximum Gasteiger partial charge on any atom is 0.408 e. The fourth-order valence-corrected chi connectivity index (χ4v) is 3.83. The van der Waals surface area contributed by atoms with Gasteiger partial charge < -0.3 is 25.4 Å². The number of nitrogens with one attached hydrogen (secondary N) is 2. The molecule has 3 N–H and O–H groups in total. The number of pyridine rings is 1. The highest BCUT2D eigenvalue weighted by Crippen LogP contribution is 2.17. The number of carbonyl (C=O) groups is 3. The van der Waals surface area contributed by atoms with Crippen LogP contribution in [-0.4, -0.2) is 51.3 Å². The molecule has 0 spiro atoms. The Morgan fingerprint density at radius 2 is 1.97 bits per heavy atom. The van der Waals surface area contributed by atoms with E-state index >= 15 is 0 Å². The van der Waals surface area contributed by atoms with Crippen LogP contribution >= 0.6 is 11.3 Å². The summed E-state index contributed by atoms with van der Waals surface area (Å²) in [6.45, 7) is 6.29. The van der Waals surface area contributed by atoms with Crippen LogP contribution in [0.5, 0.6) is 0 Å². The number of carbonyl (C=O) groups excluding carboxylic acids is 2. The largest absolute Gasteiger partial charge is 0.465 e. The van der Waals surface area contributed by atoms with Crippen LogP contribution in [0.2, 0.25) is 0 Å². The highest BCUT2D eigenvalue weighted by Gasteiger charge is 2.28. The molecular weight excluding hydrogens is 444 g/mol. The zero-order valence-electron chi connectivity index (χ0n) is 19.2. The lowest BCUT2D eigenvalue weighted by Crippen LogP contribution is -2.49. The lowest BCUT2D eigenvalue weighted by molar-refractivity contribution is -0.135. The molecule has 9 nitrogen and oxygen atoms in total. The first kappa shape index (κ1) is 26.1. The van der Waals surface area contributed by atoms with Crippen LogP contribution in [0.3, 0.4) is 0 Å². The second kappa shape index (κ2) is 12.8. The lowest BCUT2D eigenvalue weighted by Gasteiger charge is -2.29. The van der Waals surface area contributed by atoms with E-state index in [4.69, 9.17) is 9.84 Å². The standard InChI is InChI=1S/C23H32N4O5S/c1-23(2,3)32-22(31)26-19(10-4-5-12-25-21(29)30)20(28)27(16-18-9-7-13-33-18)15-17-8-6-11-24-14-17/h6-9,11,13-14,19,25H,4-5,10,12,15-16H2,1-3H3,(H,26,31)(H,29,30). The number of hydrogen-bond acceptors (Lipinski definition) is 6. The lowest BCUT2D eigenvalue weighted by atomic mass is 10.1. The molecule has 33 heavy (non-hydrogen) atoms. The summed E-state index contributed by atoms with van der Waals surface area (Å²) < 4.78 is 5.36. The third-order valence-electron chi connectivity index (χ3n) is 4.52. The van der Waals surface area contributed by atoms with Crippen molar-refractivity contribution < 1.29 is 24.2 Å². The quantitative estimate of drug-likeness (QED) is 0.422. The maximum absolute atomic E-state index is 13.6. The van der Waals surface area contributed by atoms with Crippen LogP contribution in [0.1, 0.15) is 50.5 Å². The van der Waals surface area contributed by atoms with Crippen LogP contribution < -0.4 is 10.6 Å². The van der Waals surface area contributed by atoms with Gasteiger partial charge in [0.05, 0.1) is 6.54 Å². The number of thiophene rings is 1. The van der Waals surface area contributed by atoms with Crippen LogP contribution in [0.4, 0.5) is 9.59 Å². The van der Waals surface area contributed by atoms with Crippen molar-refractivity contribution >= 4 is 29.4 Å². The van der Waals surface area contributed by atoms with Gasteiger partial charge in [0.15, 0.2) is 0 Å². The number of hydrogen-bond donors (Lipinski definition) is 3. The van der Waals surface area contributed by atoms with Gasteiger partial charge in [-0.2, -0.15) is 0 Å². The van der Waals surface area contributed by atoms with Crippen molar-refractivity contribution in [1.82, 2.24) is 20.5 Å². The Bertz CT molecular complexity index is 884. The van der Waals surface area contributed by atoms with Crippen molar-refractivity contribution in [2.75, 3.05) is 6.54 Å². The molecule has 0 bridgehead atoms. The van der Waals surface area contributed by atoms with E-state index in [0.29, 0.717) is 32.4 Å². The van der Waals surface area contributed by atoms with Crippen LogP contribution in [0.25, 0.3) is 0 Å². The first-order valence-corrected chi connectivity index (χ1v) is 11.7. The molecule has 0 aliphatic heterocycles. The Balaban J connectivity index is 2.15. The molecule has 0 aliphatic rings. The zero-order chi connectivity index (χ0) is 24.3. The first-order valence-electron chi connectivity index (χ1n) is 10.8. The average molecular weight is 477 g/mol. The smallest absolute Gasteiger partial charge is 0.408 e. The number of aromatic nitrogens is 1. The van der Waals surface area contributed by atoms with E-state index in [2.05, 4.69) is 15.6 Å². The molecule has 0 aliphatic carbocycles. The van der Waals surface area contributed by atoms with Gasteiger partial charge in [-0.05, 0) is 63.1 Å². The number of ether oxygens (including phenoxy) is 1. The fourth-order valence-electron chi connectivity index (χ4n) is 3.11. The second-order valence-corrected chi connectivity index (χ2v) is 9.59. The minimum absolute atomic E-state index is 0.232. The minimum atomic E-state index is -1.09. The Kier molecular flexibility index (Phi) is 10.1. The summed E-state index contributed by atoms with van der Waals surface area (Å²) in [5.74, 6) is -0.232. The van der Waals surface area contributed by atoms with Gasteiger partial charge in [-0.1, -0.05) is 12.1 Å². The SMILES string of the molecule is CC(C)(C)OC(=O)NC(CCCCNC(=O)O)C(=O)N(Cc1cccnc1)Cc1cccs1. The average Bonchev–Trinajstić information content (AvgIpc) is 3.24. The molecule has 2 heterocycles. The summed E-state index contributed by atoms with van der Waals surface area (Å²) in [7, 11) is 0. The molecule has 2 rings (SSSR count). The van der Waals surface area contributed by atoms with E-state index in [1.54, 1.807) is 49.4 Å². The van der Waals surface area contributed by atoms with Crippen LogP contribution in [-0.2, 0) is 22.6 Å². The highest BCUT2D eigenvalue weighted by atomic mass is 32.1. The topological polar surface area (TPSA) is 121 Å². The van der Waals surface area contributed by atoms with Crippen LogP contribution in [0.15, 0.2) is 42.0 Å². The summed E-state index contributed by atoms with van der Waals surface area (Å²) in [4.78, 5) is 43.5. The molecule has 0 saturated carbocycles. The summed E-state index contributed by atoms with van der Waals surface area (Å²) in [6, 6.07) is 6.80. The molecule has 0 saturated heterocycles. The van der Waals surface area contributed by atoms with E-state index in [9.17, 15) is 14.4 Å². The van der Waals surface area contributed by atoms with E-state index in [0.717, 1.165) is 10.4 Å². The third kappa shape index (κ3) is 10.3. The molecule has 0 radical (unpaired) electrons. The van der Waals surface area contributed by atoms with Gasteiger partial charge in [0, 0.05) is 30.4 Å². The Hall–Kier alpha value is -3.14. The van der Waals surface area contributed by atoms with Crippen molar-refractivity contribution in [3.63, 3.8) is 0 Å². The minimum Gasteiger partial charge on any atom is -0.465 e. The van der Waals surface area contributed by atoms with Gasteiger partial charge in [-0.3, -0.25) is 9.78 Å². The van der Waals surface area contributed by atoms with Crippen molar-refractivity contribution in [3.05, 3.63) is 52.5 Å². The highest BCUT2D eigenvalue weighted by molar-refractivity contribution is 7.09. The molecule has 0 fully saturated rings. The second-order valence-electron chi connectivity index (χ2n) is 8.56. The van der Waals surface area contributed by atoms with Gasteiger partial charge in [0.1, 0.15) is 11.6 Å². The summed E-state index contributed by atoms with van der Waals surface area (Å²) >= 11 is 1.55. The predicted octanol–water partition coefficient (Wildman–Crippen LogP) is 4.00. The van der Waals surface area contributed by atoms with E-state index in [1.165, 1.54) is 0 Å². The van der Waals surface area contributed by atoms with E-state index < -0.39 is 23.8 Å². The Labute approximate surface area is 198 Å². The van der Waals surface area contributed by atoms with Crippen LogP contribution in [0, 0.1) is 0 Å². The third-order valence-corrected chi connectivity index (χ3v) is 5.38. The zero-order valence-corrected chi connectivity index (χ0v) is 20.1. The van der Waals surface area contributed by atoms with Crippen molar-refractivity contribution in [3.8, 4) is 0 Å². The number of alkyl carbamates (subject to hydrolysis) is 1. The summed E-state index contributed by atoms with van der Waals surface area (Å²) in [5.41, 5.74) is 0.180. The molecule has 180 valence electrons. The fraction of sp³-hybridized carbons (Fsp3) is 0.478. The Morgan fingerprint density at radius 3 is 2.58 bits per heavy atom. The number of unbranched alkanes of at least 4 members (excludes halogenated alkanes) is 1. The summed E-state index contributed by atoms with van der Waals surface area (Å²) in [6.07, 6.45) is 3.07. The van der Waals surface area contributed by atoms with Gasteiger partial charge in [0.25, 0.3) is 0 Å². The number of rotatable bonds is 11. The molecule has 1 unspecified atom stereocenters. The van der Waals surface area contributed by atoms with Gasteiger partial charge in [-0.25, -0.2) is 9.59 Å². The van der Waals surface area contributed by atoms with E-state index in [1.807, 2.05) is 29.6 Å². The molecule has 2 aromatic rings. The molecule has 2 aromatic heterocycles. The Morgan fingerprint density at radius 1 is 1.18 bits per heavy atom. The molecule has 10 heteroatoms. The van der Waals surface area contributed by atoms with Crippen molar-refractivity contribution in [2.45, 2.75) is 64.8 Å². The monoisotopic (exact) mass is 476 g/mol. The normalized spacial score (nSPS) is 12.0. The maximum atomic E-state index is 13.6.